The van der Waals surface area contributed by atoms with Crippen LogP contribution in [0.15, 0.2) is 12.1 Å². The van der Waals surface area contributed by atoms with Gasteiger partial charge in [0, 0.05) is 43.9 Å². The van der Waals surface area contributed by atoms with Crippen molar-refractivity contribution in [2.45, 2.75) is 13.0 Å². The minimum absolute atomic E-state index is 0. The first-order valence-corrected chi connectivity index (χ1v) is 5.82. The number of piperazine rings is 1. The summed E-state index contributed by atoms with van der Waals surface area (Å²) in [5, 5.41) is 13.1. The van der Waals surface area contributed by atoms with E-state index in [-0.39, 0.29) is 42.3 Å². The zero-order chi connectivity index (χ0) is 12.4. The lowest BCUT2D eigenvalue weighted by Crippen LogP contribution is -2.44. The molecule has 0 unspecified atom stereocenters. The van der Waals surface area contributed by atoms with Crippen molar-refractivity contribution in [3.8, 4) is 5.75 Å². The summed E-state index contributed by atoms with van der Waals surface area (Å²) >= 11 is 0. The van der Waals surface area contributed by atoms with E-state index in [4.69, 9.17) is 5.73 Å². The second kappa shape index (κ2) is 7.75. The number of aromatic hydroxyl groups is 1. The lowest BCUT2D eigenvalue weighted by atomic mass is 10.0. The van der Waals surface area contributed by atoms with Crippen molar-refractivity contribution in [3.63, 3.8) is 0 Å². The first kappa shape index (κ1) is 18.2. The SMILES string of the molecule is C[C@H](c1cc(F)cc(N)c1O)N1CCNCC1.Cl.Cl. The van der Waals surface area contributed by atoms with Gasteiger partial charge < -0.3 is 16.2 Å². The third-order valence-corrected chi connectivity index (χ3v) is 3.28. The molecule has 0 amide bonds. The van der Waals surface area contributed by atoms with Crippen molar-refractivity contribution >= 4 is 30.5 Å². The lowest BCUT2D eigenvalue weighted by molar-refractivity contribution is 0.182. The fourth-order valence-electron chi connectivity index (χ4n) is 2.23. The van der Waals surface area contributed by atoms with Crippen molar-refractivity contribution in [2.24, 2.45) is 0 Å². The zero-order valence-electron chi connectivity index (χ0n) is 10.7. The summed E-state index contributed by atoms with van der Waals surface area (Å²) in [6.07, 6.45) is 0. The molecule has 0 aliphatic carbocycles. The number of phenolic OH excluding ortho intramolecular Hbond substituents is 1. The minimum Gasteiger partial charge on any atom is -0.505 e. The topological polar surface area (TPSA) is 61.5 Å². The second-order valence-electron chi connectivity index (χ2n) is 4.39. The summed E-state index contributed by atoms with van der Waals surface area (Å²) < 4.78 is 13.3. The normalized spacial score (nSPS) is 17.2. The molecule has 1 fully saturated rings. The molecule has 110 valence electrons. The molecule has 1 aromatic rings. The first-order chi connectivity index (χ1) is 8.09. The van der Waals surface area contributed by atoms with Crippen LogP contribution in [0.5, 0.6) is 5.75 Å². The predicted octanol–water partition coefficient (Wildman–Crippen LogP) is 1.92. The highest BCUT2D eigenvalue weighted by Gasteiger charge is 2.22. The Morgan fingerprint density at radius 2 is 1.89 bits per heavy atom. The van der Waals surface area contributed by atoms with E-state index >= 15 is 0 Å². The molecule has 1 aliphatic heterocycles. The van der Waals surface area contributed by atoms with E-state index < -0.39 is 5.82 Å². The molecule has 0 saturated carbocycles. The van der Waals surface area contributed by atoms with Crippen LogP contribution in [-0.4, -0.2) is 36.2 Å². The summed E-state index contributed by atoms with van der Waals surface area (Å²) in [6, 6.07) is 2.47. The van der Waals surface area contributed by atoms with Crippen molar-refractivity contribution in [2.75, 3.05) is 31.9 Å². The third kappa shape index (κ3) is 4.11. The van der Waals surface area contributed by atoms with Crippen LogP contribution >= 0.6 is 24.8 Å². The summed E-state index contributed by atoms with van der Waals surface area (Å²) in [5.41, 5.74) is 6.23. The molecule has 1 saturated heterocycles. The molecule has 1 heterocycles. The zero-order valence-corrected chi connectivity index (χ0v) is 12.4. The first-order valence-electron chi connectivity index (χ1n) is 5.82. The molecule has 1 atom stereocenters. The van der Waals surface area contributed by atoms with Gasteiger partial charge in [0.05, 0.1) is 5.69 Å². The van der Waals surface area contributed by atoms with Gasteiger partial charge in [0.15, 0.2) is 0 Å². The smallest absolute Gasteiger partial charge is 0.143 e. The van der Waals surface area contributed by atoms with Gasteiger partial charge in [0.1, 0.15) is 11.6 Å². The van der Waals surface area contributed by atoms with E-state index in [0.29, 0.717) is 5.56 Å². The number of rotatable bonds is 2. The van der Waals surface area contributed by atoms with Gasteiger partial charge in [-0.05, 0) is 13.0 Å². The van der Waals surface area contributed by atoms with Gasteiger partial charge in [-0.2, -0.15) is 0 Å². The molecule has 19 heavy (non-hydrogen) atoms. The van der Waals surface area contributed by atoms with Gasteiger partial charge in [-0.15, -0.1) is 24.8 Å². The van der Waals surface area contributed by atoms with Gasteiger partial charge in [-0.3, -0.25) is 4.90 Å². The van der Waals surface area contributed by atoms with Crippen LogP contribution < -0.4 is 11.1 Å². The molecule has 0 spiro atoms. The average Bonchev–Trinajstić information content (AvgIpc) is 2.34. The van der Waals surface area contributed by atoms with Crippen LogP contribution in [0.25, 0.3) is 0 Å². The molecular formula is C12H20Cl2FN3O. The Morgan fingerprint density at radius 1 is 1.32 bits per heavy atom. The number of anilines is 1. The van der Waals surface area contributed by atoms with Crippen LogP contribution in [0, 0.1) is 5.82 Å². The largest absolute Gasteiger partial charge is 0.505 e. The number of nitrogens with zero attached hydrogens (tertiary/aromatic N) is 1. The summed E-state index contributed by atoms with van der Waals surface area (Å²) in [5.74, 6) is -0.408. The van der Waals surface area contributed by atoms with Crippen molar-refractivity contribution in [3.05, 3.63) is 23.5 Å². The summed E-state index contributed by atoms with van der Waals surface area (Å²) in [6.45, 7) is 5.55. The molecule has 0 aromatic heterocycles. The Kier molecular flexibility index (Phi) is 7.44. The van der Waals surface area contributed by atoms with Crippen LogP contribution in [-0.2, 0) is 0 Å². The fourth-order valence-corrected chi connectivity index (χ4v) is 2.23. The number of nitrogens with one attached hydrogen (secondary N) is 1. The Labute approximate surface area is 125 Å². The van der Waals surface area contributed by atoms with Crippen LogP contribution in [0.4, 0.5) is 10.1 Å². The number of nitrogens with two attached hydrogens (primary N) is 1. The molecule has 1 aliphatic rings. The molecule has 2 rings (SSSR count). The maximum atomic E-state index is 13.3. The molecule has 1 aromatic carbocycles. The van der Waals surface area contributed by atoms with E-state index in [1.807, 2.05) is 6.92 Å². The minimum atomic E-state index is -0.405. The number of benzene rings is 1. The second-order valence-corrected chi connectivity index (χ2v) is 4.39. The molecule has 0 radical (unpaired) electrons. The number of hydrogen-bond acceptors (Lipinski definition) is 4. The maximum Gasteiger partial charge on any atom is 0.143 e. The summed E-state index contributed by atoms with van der Waals surface area (Å²) in [4.78, 5) is 2.20. The standard InChI is InChI=1S/C12H18FN3O.2ClH/c1-8(16-4-2-15-3-5-16)10-6-9(13)7-11(14)12(10)17;;/h6-8,15,17H,2-5,14H2,1H3;2*1H/t8-;;/m1../s1. The van der Waals surface area contributed by atoms with Gasteiger partial charge in [0.2, 0.25) is 0 Å². The van der Waals surface area contributed by atoms with Crippen molar-refractivity contribution in [1.82, 2.24) is 10.2 Å². The molecule has 4 N–H and O–H groups in total. The monoisotopic (exact) mass is 311 g/mol. The molecule has 7 heteroatoms. The van der Waals surface area contributed by atoms with E-state index in [2.05, 4.69) is 10.2 Å². The van der Waals surface area contributed by atoms with E-state index in [0.717, 1.165) is 32.2 Å². The third-order valence-electron chi connectivity index (χ3n) is 3.28. The number of halogens is 3. The average molecular weight is 312 g/mol. The van der Waals surface area contributed by atoms with Crippen molar-refractivity contribution < 1.29 is 9.50 Å². The number of phenols is 1. The highest BCUT2D eigenvalue weighted by atomic mass is 35.5. The highest BCUT2D eigenvalue weighted by Crippen LogP contribution is 2.33. The molecule has 4 nitrogen and oxygen atoms in total. The number of nitrogen functional groups attached to an aromatic ring is 1. The Hall–Kier alpha value is -0.750. The predicted molar refractivity (Wildman–Crippen MR) is 79.8 cm³/mol. The van der Waals surface area contributed by atoms with E-state index in [1.54, 1.807) is 0 Å². The van der Waals surface area contributed by atoms with Gasteiger partial charge in [-0.1, -0.05) is 0 Å². The Bertz CT molecular complexity index is 414. The van der Waals surface area contributed by atoms with Crippen molar-refractivity contribution in [1.29, 1.82) is 0 Å². The molecular weight excluding hydrogens is 292 g/mol. The lowest BCUT2D eigenvalue weighted by Gasteiger charge is -2.33. The van der Waals surface area contributed by atoms with E-state index in [9.17, 15) is 9.50 Å². The maximum absolute atomic E-state index is 13.3. The number of hydrogen-bond donors (Lipinski definition) is 3. The quantitative estimate of drug-likeness (QED) is 0.577. The molecule has 0 bridgehead atoms. The Morgan fingerprint density at radius 3 is 2.47 bits per heavy atom. The van der Waals surface area contributed by atoms with Crippen LogP contribution in [0.3, 0.4) is 0 Å². The van der Waals surface area contributed by atoms with E-state index in [1.165, 1.54) is 6.07 Å². The van der Waals surface area contributed by atoms with Crippen LogP contribution in [0.1, 0.15) is 18.5 Å². The summed E-state index contributed by atoms with van der Waals surface area (Å²) in [7, 11) is 0. The van der Waals surface area contributed by atoms with Gasteiger partial charge in [0.25, 0.3) is 0 Å². The highest BCUT2D eigenvalue weighted by molar-refractivity contribution is 5.85. The van der Waals surface area contributed by atoms with Gasteiger partial charge in [-0.25, -0.2) is 4.39 Å². The van der Waals surface area contributed by atoms with Gasteiger partial charge >= 0.3 is 0 Å². The Balaban J connectivity index is 0.00000162. The van der Waals surface area contributed by atoms with Crippen LogP contribution in [0.2, 0.25) is 0 Å². The fraction of sp³-hybridized carbons (Fsp3) is 0.500.